The molecule has 0 aliphatic heterocycles. The lowest BCUT2D eigenvalue weighted by Gasteiger charge is -1.93. The van der Waals surface area contributed by atoms with Crippen LogP contribution >= 0.6 is 12.2 Å². The first-order valence-electron chi connectivity index (χ1n) is 3.60. The first kappa shape index (κ1) is 7.35. The molecule has 0 aromatic carbocycles. The second-order valence-corrected chi connectivity index (χ2v) is 2.70. The lowest BCUT2D eigenvalue weighted by molar-refractivity contribution is 0.641. The van der Waals surface area contributed by atoms with Gasteiger partial charge in [-0.25, -0.2) is 9.67 Å². The third-order valence-electron chi connectivity index (χ3n) is 1.62. The maximum atomic E-state index is 4.97. The molecule has 0 amide bonds. The van der Waals surface area contributed by atoms with Gasteiger partial charge in [-0.3, -0.25) is 0 Å². The molecule has 0 fully saturated rings. The van der Waals surface area contributed by atoms with Crippen LogP contribution in [-0.4, -0.2) is 25.0 Å². The zero-order valence-corrected chi connectivity index (χ0v) is 7.30. The Balaban J connectivity index is 2.89. The molecule has 0 aliphatic rings. The Bertz CT molecular complexity index is 456. The molecule has 1 N–H and O–H groups in total. The predicted molar refractivity (Wildman–Crippen MR) is 46.2 cm³/mol. The lowest BCUT2D eigenvalue weighted by atomic mass is 10.5. The number of hydrogen-bond acceptors (Lipinski definition) is 4. The molecule has 0 aliphatic carbocycles. The van der Waals surface area contributed by atoms with Gasteiger partial charge in [0.15, 0.2) is 15.8 Å². The van der Waals surface area contributed by atoms with Crippen LogP contribution in [-0.2, 0) is 6.54 Å². The smallest absolute Gasteiger partial charge is 0.166 e. The summed E-state index contributed by atoms with van der Waals surface area (Å²) in [6.07, 6.45) is 1.56. The Morgan fingerprint density at radius 2 is 2.50 bits per heavy atom. The molecule has 0 saturated heterocycles. The monoisotopic (exact) mass is 181 g/mol. The second kappa shape index (κ2) is 2.63. The molecule has 62 valence electrons. The summed E-state index contributed by atoms with van der Waals surface area (Å²) >= 11 is 4.97. The van der Waals surface area contributed by atoms with E-state index in [-0.39, 0.29) is 0 Å². The van der Waals surface area contributed by atoms with Crippen LogP contribution in [0.5, 0.6) is 0 Å². The first-order chi connectivity index (χ1) is 5.83. The third kappa shape index (κ3) is 0.918. The highest BCUT2D eigenvalue weighted by molar-refractivity contribution is 7.71. The van der Waals surface area contributed by atoms with Crippen molar-refractivity contribution in [1.29, 1.82) is 0 Å². The summed E-state index contributed by atoms with van der Waals surface area (Å²) in [5.74, 6) is 0. The fourth-order valence-corrected chi connectivity index (χ4v) is 1.22. The van der Waals surface area contributed by atoms with Gasteiger partial charge in [0.1, 0.15) is 0 Å². The van der Waals surface area contributed by atoms with Crippen LogP contribution in [0.25, 0.3) is 11.2 Å². The Kier molecular flexibility index (Phi) is 1.61. The Morgan fingerprint density at radius 3 is 3.25 bits per heavy atom. The van der Waals surface area contributed by atoms with E-state index >= 15 is 0 Å². The van der Waals surface area contributed by atoms with Crippen molar-refractivity contribution < 1.29 is 0 Å². The molecule has 2 rings (SSSR count). The number of rotatable bonds is 1. The molecule has 0 unspecified atom stereocenters. The Hall–Kier alpha value is -1.30. The van der Waals surface area contributed by atoms with Crippen molar-refractivity contribution in [3.8, 4) is 0 Å². The minimum atomic E-state index is 0.489. The molecule has 2 aromatic heterocycles. The average Bonchev–Trinajstić information content (AvgIpc) is 2.49. The van der Waals surface area contributed by atoms with E-state index < -0.39 is 0 Å². The van der Waals surface area contributed by atoms with Crippen molar-refractivity contribution >= 4 is 23.4 Å². The summed E-state index contributed by atoms with van der Waals surface area (Å²) in [4.78, 5) is 6.85. The fourth-order valence-electron chi connectivity index (χ4n) is 1.03. The number of fused-ring (bicyclic) bond motifs is 1. The highest BCUT2D eigenvalue weighted by atomic mass is 32.1. The predicted octanol–water partition coefficient (Wildman–Crippen LogP) is 0.904. The van der Waals surface area contributed by atoms with Crippen molar-refractivity contribution in [3.63, 3.8) is 0 Å². The molecule has 0 radical (unpaired) electrons. The summed E-state index contributed by atoms with van der Waals surface area (Å²) in [5, 5.41) is 7.81. The number of nitrogens with one attached hydrogen (secondary N) is 1. The SMILES string of the molecule is CCn1nnc2c(=S)nc[nH]c21. The summed E-state index contributed by atoms with van der Waals surface area (Å²) in [6.45, 7) is 2.76. The van der Waals surface area contributed by atoms with Gasteiger partial charge in [0.25, 0.3) is 0 Å². The zero-order valence-electron chi connectivity index (χ0n) is 6.48. The summed E-state index contributed by atoms with van der Waals surface area (Å²) < 4.78 is 2.23. The Labute approximate surface area is 73.4 Å². The molecule has 2 heterocycles. The number of H-pyrrole nitrogens is 1. The van der Waals surface area contributed by atoms with Crippen LogP contribution in [0.3, 0.4) is 0 Å². The van der Waals surface area contributed by atoms with Crippen LogP contribution in [0.1, 0.15) is 6.92 Å². The van der Waals surface area contributed by atoms with Crippen molar-refractivity contribution in [2.45, 2.75) is 13.5 Å². The summed E-state index contributed by atoms with van der Waals surface area (Å²) in [6, 6.07) is 0. The van der Waals surface area contributed by atoms with E-state index in [1.54, 1.807) is 11.0 Å². The van der Waals surface area contributed by atoms with E-state index in [1.807, 2.05) is 6.92 Å². The van der Waals surface area contributed by atoms with Gasteiger partial charge in [-0.05, 0) is 6.92 Å². The Morgan fingerprint density at radius 1 is 1.67 bits per heavy atom. The maximum absolute atomic E-state index is 4.97. The fraction of sp³-hybridized carbons (Fsp3) is 0.333. The minimum Gasteiger partial charge on any atom is -0.329 e. The molecule has 5 nitrogen and oxygen atoms in total. The van der Waals surface area contributed by atoms with Crippen LogP contribution < -0.4 is 0 Å². The molecule has 6 heteroatoms. The maximum Gasteiger partial charge on any atom is 0.166 e. The van der Waals surface area contributed by atoms with E-state index in [2.05, 4.69) is 20.3 Å². The van der Waals surface area contributed by atoms with Gasteiger partial charge in [-0.15, -0.1) is 5.10 Å². The molecule has 2 aromatic rings. The normalized spacial score (nSPS) is 10.8. The van der Waals surface area contributed by atoms with E-state index in [4.69, 9.17) is 12.2 Å². The summed E-state index contributed by atoms with van der Waals surface area (Å²) in [5.41, 5.74) is 1.49. The number of hydrogen-bond donors (Lipinski definition) is 1. The van der Waals surface area contributed by atoms with Crippen molar-refractivity contribution in [3.05, 3.63) is 11.0 Å². The van der Waals surface area contributed by atoms with Crippen molar-refractivity contribution in [1.82, 2.24) is 25.0 Å². The molecule has 0 saturated carbocycles. The number of aromatic nitrogens is 5. The zero-order chi connectivity index (χ0) is 8.55. The van der Waals surface area contributed by atoms with Gasteiger partial charge in [0.05, 0.1) is 6.33 Å². The number of nitrogens with zero attached hydrogens (tertiary/aromatic N) is 4. The van der Waals surface area contributed by atoms with E-state index in [0.717, 1.165) is 12.2 Å². The number of aryl methyl sites for hydroxylation is 1. The molecule has 0 bridgehead atoms. The minimum absolute atomic E-state index is 0.489. The number of aromatic amines is 1. The molecule has 0 spiro atoms. The van der Waals surface area contributed by atoms with Crippen LogP contribution in [0.2, 0.25) is 0 Å². The molecular weight excluding hydrogens is 174 g/mol. The highest BCUT2D eigenvalue weighted by Gasteiger charge is 2.03. The van der Waals surface area contributed by atoms with Gasteiger partial charge >= 0.3 is 0 Å². The third-order valence-corrected chi connectivity index (χ3v) is 1.92. The van der Waals surface area contributed by atoms with E-state index in [0.29, 0.717) is 10.2 Å². The van der Waals surface area contributed by atoms with Gasteiger partial charge in [0, 0.05) is 6.54 Å². The van der Waals surface area contributed by atoms with E-state index in [9.17, 15) is 0 Å². The van der Waals surface area contributed by atoms with Crippen LogP contribution in [0, 0.1) is 4.64 Å². The topological polar surface area (TPSA) is 59.4 Å². The molecular formula is C6H7N5S. The van der Waals surface area contributed by atoms with Crippen molar-refractivity contribution in [2.24, 2.45) is 0 Å². The highest BCUT2D eigenvalue weighted by Crippen LogP contribution is 2.05. The van der Waals surface area contributed by atoms with Gasteiger partial charge < -0.3 is 4.98 Å². The van der Waals surface area contributed by atoms with Gasteiger partial charge in [0.2, 0.25) is 0 Å². The quantitative estimate of drug-likeness (QED) is 0.664. The lowest BCUT2D eigenvalue weighted by Crippen LogP contribution is -1.97. The van der Waals surface area contributed by atoms with E-state index in [1.165, 1.54) is 0 Å². The summed E-state index contributed by atoms with van der Waals surface area (Å²) in [7, 11) is 0. The largest absolute Gasteiger partial charge is 0.329 e. The van der Waals surface area contributed by atoms with Crippen molar-refractivity contribution in [2.75, 3.05) is 0 Å². The molecule has 0 atom stereocenters. The second-order valence-electron chi connectivity index (χ2n) is 2.31. The van der Waals surface area contributed by atoms with Gasteiger partial charge in [-0.2, -0.15) is 0 Å². The first-order valence-corrected chi connectivity index (χ1v) is 4.00. The van der Waals surface area contributed by atoms with Crippen LogP contribution in [0.4, 0.5) is 0 Å². The molecule has 12 heavy (non-hydrogen) atoms. The van der Waals surface area contributed by atoms with Gasteiger partial charge in [-0.1, -0.05) is 17.4 Å². The standard InChI is InChI=1S/C6H7N5S/c1-2-11-5-4(9-10-11)6(12)8-3-7-5/h3H,2H2,1H3,(H,7,8,12). The van der Waals surface area contributed by atoms with Crippen LogP contribution in [0.15, 0.2) is 6.33 Å². The average molecular weight is 181 g/mol.